The van der Waals surface area contributed by atoms with Gasteiger partial charge in [0.05, 0.1) is 13.2 Å². The number of benzene rings is 1. The highest BCUT2D eigenvalue weighted by Crippen LogP contribution is 2.32. The number of amides is 2. The molecule has 1 fully saturated rings. The molecule has 0 aromatic heterocycles. The summed E-state index contributed by atoms with van der Waals surface area (Å²) < 4.78 is 0. The second-order valence-corrected chi connectivity index (χ2v) is 5.87. The average molecular weight is 261 g/mol. The Bertz CT molecular complexity index is 471. The molecule has 0 radical (unpaired) electrons. The fourth-order valence-electron chi connectivity index (χ4n) is 2.32. The summed E-state index contributed by atoms with van der Waals surface area (Å²) in [6.45, 7) is 4.20. The number of nitrogens with zero attached hydrogens (tertiary/aromatic N) is 1. The van der Waals surface area contributed by atoms with Crippen molar-refractivity contribution >= 4 is 11.8 Å². The van der Waals surface area contributed by atoms with Gasteiger partial charge >= 0.3 is 0 Å². The Morgan fingerprint density at radius 3 is 2.00 bits per heavy atom. The predicted molar refractivity (Wildman–Crippen MR) is 70.9 cm³/mol. The first-order valence-corrected chi connectivity index (χ1v) is 6.43. The molecule has 2 amide bonds. The van der Waals surface area contributed by atoms with Crippen molar-refractivity contribution in [1.29, 1.82) is 0 Å². The maximum Gasteiger partial charge on any atom is 0.230 e. The molecule has 4 heteroatoms. The van der Waals surface area contributed by atoms with Crippen LogP contribution in [0.1, 0.15) is 37.8 Å². The summed E-state index contributed by atoms with van der Waals surface area (Å²) in [4.78, 5) is 25.4. The first kappa shape index (κ1) is 13.7. The van der Waals surface area contributed by atoms with Gasteiger partial charge in [-0.15, -0.1) is 0 Å². The van der Waals surface area contributed by atoms with Gasteiger partial charge in [0.15, 0.2) is 0 Å². The molecular weight excluding hydrogens is 242 g/mol. The number of piperidine rings is 1. The van der Waals surface area contributed by atoms with Crippen LogP contribution >= 0.6 is 0 Å². The molecule has 1 aliphatic rings. The van der Waals surface area contributed by atoms with Gasteiger partial charge in [0.1, 0.15) is 0 Å². The topological polar surface area (TPSA) is 57.6 Å². The van der Waals surface area contributed by atoms with Crippen LogP contribution in [0.2, 0.25) is 0 Å². The summed E-state index contributed by atoms with van der Waals surface area (Å²) in [5.74, 6) is -0.208. The van der Waals surface area contributed by atoms with Crippen LogP contribution in [0, 0.1) is 5.41 Å². The Morgan fingerprint density at radius 1 is 1.05 bits per heavy atom. The number of aliphatic hydroxyl groups is 1. The monoisotopic (exact) mass is 261 g/mol. The molecule has 1 saturated heterocycles. The molecule has 102 valence electrons. The number of imide groups is 1. The Balaban J connectivity index is 2.09. The molecule has 4 nitrogen and oxygen atoms in total. The van der Waals surface area contributed by atoms with Crippen molar-refractivity contribution < 1.29 is 14.7 Å². The van der Waals surface area contributed by atoms with Crippen molar-refractivity contribution in [2.45, 2.75) is 39.8 Å². The fraction of sp³-hybridized carbons (Fsp3) is 0.467. The third-order valence-electron chi connectivity index (χ3n) is 3.41. The minimum atomic E-state index is -0.231. The molecule has 0 atom stereocenters. The van der Waals surface area contributed by atoms with Crippen LogP contribution in [-0.2, 0) is 22.7 Å². The minimum Gasteiger partial charge on any atom is -0.392 e. The number of likely N-dealkylation sites (tertiary alicyclic amines) is 1. The van der Waals surface area contributed by atoms with E-state index in [-0.39, 0.29) is 23.8 Å². The summed E-state index contributed by atoms with van der Waals surface area (Å²) in [6, 6.07) is 7.29. The van der Waals surface area contributed by atoms with E-state index < -0.39 is 0 Å². The Kier molecular flexibility index (Phi) is 3.71. The molecule has 0 bridgehead atoms. The van der Waals surface area contributed by atoms with Crippen LogP contribution in [0.3, 0.4) is 0 Å². The largest absolute Gasteiger partial charge is 0.392 e. The molecule has 0 saturated carbocycles. The van der Waals surface area contributed by atoms with E-state index in [0.717, 1.165) is 11.1 Å². The first-order chi connectivity index (χ1) is 8.91. The maximum atomic E-state index is 12.0. The van der Waals surface area contributed by atoms with E-state index in [1.807, 2.05) is 26.0 Å². The van der Waals surface area contributed by atoms with Gasteiger partial charge in [-0.25, -0.2) is 0 Å². The Labute approximate surface area is 113 Å². The highest BCUT2D eigenvalue weighted by molar-refractivity contribution is 5.98. The molecule has 1 heterocycles. The zero-order valence-corrected chi connectivity index (χ0v) is 11.3. The van der Waals surface area contributed by atoms with Gasteiger partial charge in [-0.05, 0) is 16.5 Å². The van der Waals surface area contributed by atoms with E-state index in [9.17, 15) is 9.59 Å². The lowest BCUT2D eigenvalue weighted by Gasteiger charge is -2.34. The predicted octanol–water partition coefficient (Wildman–Crippen LogP) is 1.85. The molecule has 1 aromatic carbocycles. The lowest BCUT2D eigenvalue weighted by molar-refractivity contribution is -0.153. The van der Waals surface area contributed by atoms with E-state index >= 15 is 0 Å². The minimum absolute atomic E-state index is 0.00392. The highest BCUT2D eigenvalue weighted by atomic mass is 16.3. The van der Waals surface area contributed by atoms with Crippen molar-refractivity contribution in [2.24, 2.45) is 5.41 Å². The lowest BCUT2D eigenvalue weighted by Crippen LogP contribution is -2.45. The normalized spacial score (nSPS) is 18.8. The quantitative estimate of drug-likeness (QED) is 0.845. The summed E-state index contributed by atoms with van der Waals surface area (Å²) in [5.41, 5.74) is 1.49. The van der Waals surface area contributed by atoms with Crippen molar-refractivity contribution in [3.05, 3.63) is 35.4 Å². The van der Waals surface area contributed by atoms with Crippen LogP contribution in [0.25, 0.3) is 0 Å². The van der Waals surface area contributed by atoms with E-state index in [1.54, 1.807) is 12.1 Å². The Hall–Kier alpha value is -1.68. The lowest BCUT2D eigenvalue weighted by atomic mass is 9.81. The molecule has 0 unspecified atom stereocenters. The molecular formula is C15H19NO3. The smallest absolute Gasteiger partial charge is 0.230 e. The van der Waals surface area contributed by atoms with Crippen molar-refractivity contribution in [3.63, 3.8) is 0 Å². The van der Waals surface area contributed by atoms with E-state index in [0.29, 0.717) is 19.4 Å². The van der Waals surface area contributed by atoms with Gasteiger partial charge in [-0.1, -0.05) is 38.1 Å². The number of carbonyl (C=O) groups excluding carboxylic acids is 2. The summed E-state index contributed by atoms with van der Waals surface area (Å²) >= 11 is 0. The van der Waals surface area contributed by atoms with Crippen LogP contribution < -0.4 is 0 Å². The van der Waals surface area contributed by atoms with Gasteiger partial charge in [-0.2, -0.15) is 0 Å². The van der Waals surface area contributed by atoms with Gasteiger partial charge in [0.25, 0.3) is 0 Å². The van der Waals surface area contributed by atoms with Crippen molar-refractivity contribution in [2.75, 3.05) is 0 Å². The van der Waals surface area contributed by atoms with Gasteiger partial charge in [-0.3, -0.25) is 14.5 Å². The van der Waals surface area contributed by atoms with Crippen LogP contribution in [0.5, 0.6) is 0 Å². The summed E-state index contributed by atoms with van der Waals surface area (Å²) in [6.07, 6.45) is 0.820. The van der Waals surface area contributed by atoms with Crippen LogP contribution in [-0.4, -0.2) is 21.8 Å². The van der Waals surface area contributed by atoms with Gasteiger partial charge in [0.2, 0.25) is 11.8 Å². The third kappa shape index (κ3) is 3.20. The number of hydrogen-bond donors (Lipinski definition) is 1. The van der Waals surface area contributed by atoms with E-state index in [4.69, 9.17) is 5.11 Å². The summed E-state index contributed by atoms with van der Waals surface area (Å²) in [5, 5.41) is 8.97. The third-order valence-corrected chi connectivity index (χ3v) is 3.41. The number of carbonyl (C=O) groups is 2. The number of hydrogen-bond acceptors (Lipinski definition) is 3. The zero-order valence-electron chi connectivity index (χ0n) is 11.3. The second-order valence-electron chi connectivity index (χ2n) is 5.87. The highest BCUT2D eigenvalue weighted by Gasteiger charge is 2.37. The summed E-state index contributed by atoms with van der Waals surface area (Å²) in [7, 11) is 0. The standard InChI is InChI=1S/C15H19NO3/c1-15(2)7-13(18)16(14(19)8-15)9-11-3-5-12(10-17)6-4-11/h3-6,17H,7-10H2,1-2H3. The van der Waals surface area contributed by atoms with Crippen LogP contribution in [0.4, 0.5) is 0 Å². The van der Waals surface area contributed by atoms with Crippen molar-refractivity contribution in [3.8, 4) is 0 Å². The maximum absolute atomic E-state index is 12.0. The Morgan fingerprint density at radius 2 is 1.53 bits per heavy atom. The number of rotatable bonds is 3. The molecule has 1 aromatic rings. The van der Waals surface area contributed by atoms with E-state index in [1.165, 1.54) is 4.90 Å². The number of aliphatic hydroxyl groups excluding tert-OH is 1. The molecule has 1 aliphatic heterocycles. The molecule has 0 aliphatic carbocycles. The molecule has 0 spiro atoms. The van der Waals surface area contributed by atoms with Crippen LogP contribution in [0.15, 0.2) is 24.3 Å². The molecule has 1 N–H and O–H groups in total. The van der Waals surface area contributed by atoms with Crippen molar-refractivity contribution in [1.82, 2.24) is 4.90 Å². The van der Waals surface area contributed by atoms with Gasteiger partial charge < -0.3 is 5.11 Å². The first-order valence-electron chi connectivity index (χ1n) is 6.43. The van der Waals surface area contributed by atoms with Gasteiger partial charge in [0, 0.05) is 12.8 Å². The average Bonchev–Trinajstić information content (AvgIpc) is 2.33. The SMILES string of the molecule is CC1(C)CC(=O)N(Cc2ccc(CO)cc2)C(=O)C1. The zero-order chi connectivity index (χ0) is 14.0. The fourth-order valence-corrected chi connectivity index (χ4v) is 2.32. The molecule has 19 heavy (non-hydrogen) atoms. The molecule has 2 rings (SSSR count). The second kappa shape index (κ2) is 5.13. The van der Waals surface area contributed by atoms with E-state index in [2.05, 4.69) is 0 Å².